The second-order valence-corrected chi connectivity index (χ2v) is 6.48. The number of amides is 1. The maximum atomic E-state index is 12.1. The van der Waals surface area contributed by atoms with Crippen molar-refractivity contribution in [3.63, 3.8) is 0 Å². The monoisotopic (exact) mass is 321 g/mol. The number of nitrogens with zero attached hydrogens (tertiary/aromatic N) is 1. The van der Waals surface area contributed by atoms with Crippen LogP contribution in [0.3, 0.4) is 0 Å². The highest BCUT2D eigenvalue weighted by Gasteiger charge is 2.36. The smallest absolute Gasteiger partial charge is 0.309 e. The van der Waals surface area contributed by atoms with Crippen LogP contribution < -0.4 is 0 Å². The van der Waals surface area contributed by atoms with Gasteiger partial charge in [-0.3, -0.25) is 9.59 Å². The Kier molecular flexibility index (Phi) is 4.67. The molecule has 3 rings (SSSR count). The van der Waals surface area contributed by atoms with Gasteiger partial charge in [-0.25, -0.2) is 0 Å². The normalized spacial score (nSPS) is 19.0. The van der Waals surface area contributed by atoms with Crippen LogP contribution in [0, 0.1) is 11.8 Å². The molecule has 1 aliphatic carbocycles. The lowest BCUT2D eigenvalue weighted by Gasteiger charge is -2.31. The minimum Gasteiger partial charge on any atom is -0.461 e. The number of esters is 1. The molecule has 1 heterocycles. The van der Waals surface area contributed by atoms with E-state index in [4.69, 9.17) is 16.3 Å². The maximum absolute atomic E-state index is 12.1. The van der Waals surface area contributed by atoms with E-state index in [1.54, 1.807) is 6.07 Å². The van der Waals surface area contributed by atoms with Gasteiger partial charge in [-0.05, 0) is 31.7 Å². The molecule has 1 aromatic rings. The predicted octanol–water partition coefficient (Wildman–Crippen LogP) is 3.03. The van der Waals surface area contributed by atoms with Crippen molar-refractivity contribution in [2.24, 2.45) is 11.8 Å². The van der Waals surface area contributed by atoms with Crippen LogP contribution in [-0.4, -0.2) is 29.9 Å². The number of hydrogen-bond donors (Lipinski definition) is 0. The average molecular weight is 322 g/mol. The van der Waals surface area contributed by atoms with Crippen molar-refractivity contribution in [3.05, 3.63) is 34.9 Å². The van der Waals surface area contributed by atoms with E-state index in [-0.39, 0.29) is 30.3 Å². The molecule has 0 unspecified atom stereocenters. The first kappa shape index (κ1) is 15.3. The molecule has 2 fully saturated rings. The number of carbonyl (C=O) groups is 2. The Morgan fingerprint density at radius 2 is 1.77 bits per heavy atom. The van der Waals surface area contributed by atoms with Crippen LogP contribution >= 0.6 is 11.6 Å². The number of piperidine rings is 1. The summed E-state index contributed by atoms with van der Waals surface area (Å²) in [6, 6.07) is 7.36. The Bertz CT molecular complexity index is 563. The van der Waals surface area contributed by atoms with Crippen LogP contribution in [0.5, 0.6) is 0 Å². The summed E-state index contributed by atoms with van der Waals surface area (Å²) in [7, 11) is 0. The summed E-state index contributed by atoms with van der Waals surface area (Å²) in [5.74, 6) is 0.232. The van der Waals surface area contributed by atoms with Crippen LogP contribution in [0.2, 0.25) is 5.02 Å². The number of likely N-dealkylation sites (tertiary alicyclic amines) is 1. The van der Waals surface area contributed by atoms with E-state index in [2.05, 4.69) is 0 Å². The van der Waals surface area contributed by atoms with Crippen molar-refractivity contribution in [1.29, 1.82) is 0 Å². The number of halogens is 1. The number of carbonyl (C=O) groups excluding carboxylic acids is 2. The van der Waals surface area contributed by atoms with Crippen molar-refractivity contribution in [3.8, 4) is 0 Å². The molecule has 4 nitrogen and oxygen atoms in total. The minimum absolute atomic E-state index is 0.106. The first-order valence-corrected chi connectivity index (χ1v) is 8.22. The summed E-state index contributed by atoms with van der Waals surface area (Å²) < 4.78 is 5.38. The summed E-state index contributed by atoms with van der Waals surface area (Å²) >= 11 is 6.05. The molecule has 1 saturated carbocycles. The third-order valence-electron chi connectivity index (χ3n) is 4.39. The zero-order valence-electron chi connectivity index (χ0n) is 12.5. The Hall–Kier alpha value is -1.55. The molecule has 0 radical (unpaired) electrons. The highest BCUT2D eigenvalue weighted by Crippen LogP contribution is 2.32. The van der Waals surface area contributed by atoms with Crippen molar-refractivity contribution in [1.82, 2.24) is 4.90 Å². The Balaban J connectivity index is 1.45. The molecule has 118 valence electrons. The van der Waals surface area contributed by atoms with Gasteiger partial charge >= 0.3 is 5.97 Å². The third-order valence-corrected chi connectivity index (χ3v) is 4.76. The van der Waals surface area contributed by atoms with Gasteiger partial charge in [0.2, 0.25) is 5.91 Å². The molecule has 22 heavy (non-hydrogen) atoms. The zero-order chi connectivity index (χ0) is 15.5. The van der Waals surface area contributed by atoms with Gasteiger partial charge in [0.15, 0.2) is 0 Å². The SMILES string of the molecule is O=C(OCc1ccccc1Cl)C1CCN(C(=O)C2CC2)CC1. The molecule has 5 heteroatoms. The molecule has 0 spiro atoms. The van der Waals surface area contributed by atoms with Crippen molar-refractivity contribution in [2.75, 3.05) is 13.1 Å². The largest absolute Gasteiger partial charge is 0.461 e. The molecule has 1 amide bonds. The highest BCUT2D eigenvalue weighted by atomic mass is 35.5. The van der Waals surface area contributed by atoms with Crippen molar-refractivity contribution < 1.29 is 14.3 Å². The lowest BCUT2D eigenvalue weighted by atomic mass is 9.96. The fourth-order valence-corrected chi connectivity index (χ4v) is 3.00. The molecule has 1 saturated heterocycles. The Labute approximate surface area is 135 Å². The lowest BCUT2D eigenvalue weighted by molar-refractivity contribution is -0.153. The number of ether oxygens (including phenoxy) is 1. The van der Waals surface area contributed by atoms with Crippen molar-refractivity contribution in [2.45, 2.75) is 32.3 Å². The van der Waals surface area contributed by atoms with E-state index in [1.807, 2.05) is 23.1 Å². The third kappa shape index (κ3) is 3.61. The van der Waals surface area contributed by atoms with E-state index in [9.17, 15) is 9.59 Å². The molecule has 1 aromatic carbocycles. The van der Waals surface area contributed by atoms with E-state index >= 15 is 0 Å². The van der Waals surface area contributed by atoms with Crippen LogP contribution in [0.15, 0.2) is 24.3 Å². The second-order valence-electron chi connectivity index (χ2n) is 6.07. The first-order chi connectivity index (χ1) is 10.6. The Morgan fingerprint density at radius 1 is 1.09 bits per heavy atom. The van der Waals surface area contributed by atoms with Gasteiger partial charge in [-0.2, -0.15) is 0 Å². The van der Waals surface area contributed by atoms with E-state index in [1.165, 1.54) is 0 Å². The Morgan fingerprint density at radius 3 is 2.41 bits per heavy atom. The summed E-state index contributed by atoms with van der Waals surface area (Å²) in [6.07, 6.45) is 3.44. The fourth-order valence-electron chi connectivity index (χ4n) is 2.81. The molecule has 0 atom stereocenters. The van der Waals surface area contributed by atoms with E-state index in [0.29, 0.717) is 31.0 Å². The molecule has 0 aromatic heterocycles. The molecule has 2 aliphatic rings. The van der Waals surface area contributed by atoms with Gasteiger partial charge in [0, 0.05) is 29.6 Å². The summed E-state index contributed by atoms with van der Waals surface area (Å²) in [5.41, 5.74) is 0.818. The standard InChI is InChI=1S/C17H20ClNO3/c18-15-4-2-1-3-14(15)11-22-17(21)13-7-9-19(10-8-13)16(20)12-5-6-12/h1-4,12-13H,5-11H2. The van der Waals surface area contributed by atoms with Gasteiger partial charge in [-0.15, -0.1) is 0 Å². The topological polar surface area (TPSA) is 46.6 Å². The van der Waals surface area contributed by atoms with Crippen LogP contribution in [0.4, 0.5) is 0 Å². The molecular formula is C17H20ClNO3. The summed E-state index contributed by atoms with van der Waals surface area (Å²) in [4.78, 5) is 26.0. The average Bonchev–Trinajstić information content (AvgIpc) is 3.38. The van der Waals surface area contributed by atoms with Gasteiger partial charge in [0.25, 0.3) is 0 Å². The molecular weight excluding hydrogens is 302 g/mol. The number of rotatable bonds is 4. The summed E-state index contributed by atoms with van der Waals surface area (Å²) in [6.45, 7) is 1.54. The fraction of sp³-hybridized carbons (Fsp3) is 0.529. The van der Waals surface area contributed by atoms with Crippen molar-refractivity contribution >= 4 is 23.5 Å². The van der Waals surface area contributed by atoms with Crippen LogP contribution in [0.25, 0.3) is 0 Å². The lowest BCUT2D eigenvalue weighted by Crippen LogP contribution is -2.41. The van der Waals surface area contributed by atoms with Gasteiger partial charge in [-0.1, -0.05) is 29.8 Å². The first-order valence-electron chi connectivity index (χ1n) is 7.84. The second kappa shape index (κ2) is 6.69. The number of benzene rings is 1. The quantitative estimate of drug-likeness (QED) is 0.801. The molecule has 0 N–H and O–H groups in total. The van der Waals surface area contributed by atoms with Gasteiger partial charge in [0.1, 0.15) is 6.61 Å². The predicted molar refractivity (Wildman–Crippen MR) is 83.3 cm³/mol. The van der Waals surface area contributed by atoms with E-state index < -0.39 is 0 Å². The molecule has 1 aliphatic heterocycles. The highest BCUT2D eigenvalue weighted by molar-refractivity contribution is 6.31. The minimum atomic E-state index is -0.182. The van der Waals surface area contributed by atoms with Gasteiger partial charge in [0.05, 0.1) is 5.92 Å². The summed E-state index contributed by atoms with van der Waals surface area (Å²) in [5, 5.41) is 0.611. The van der Waals surface area contributed by atoms with Gasteiger partial charge < -0.3 is 9.64 Å². The van der Waals surface area contributed by atoms with Crippen LogP contribution in [-0.2, 0) is 20.9 Å². The maximum Gasteiger partial charge on any atom is 0.309 e. The van der Waals surface area contributed by atoms with E-state index in [0.717, 1.165) is 18.4 Å². The van der Waals surface area contributed by atoms with Crippen LogP contribution in [0.1, 0.15) is 31.2 Å². The number of hydrogen-bond acceptors (Lipinski definition) is 3. The zero-order valence-corrected chi connectivity index (χ0v) is 13.2. The molecule has 0 bridgehead atoms.